The number of hydrogen-bond donors (Lipinski definition) is 2. The number of carbonyl (C=O) groups is 1. The van der Waals surface area contributed by atoms with Crippen molar-refractivity contribution >= 4 is 17.6 Å². The standard InChI is InChI=1S/C14H20N4O2/c1-9-15-12(17-11-2-3-11)8-13(16-9)18-6-4-10(5-7-18)14(19)20/h8,10-11H,2-7H2,1H3,(H,19,20)(H,15,16,17). The molecule has 1 aliphatic heterocycles. The summed E-state index contributed by atoms with van der Waals surface area (Å²) in [5, 5.41) is 12.4. The van der Waals surface area contributed by atoms with Crippen molar-refractivity contribution in [1.82, 2.24) is 9.97 Å². The number of nitrogens with one attached hydrogen (secondary N) is 1. The van der Waals surface area contributed by atoms with Gasteiger partial charge >= 0.3 is 5.97 Å². The van der Waals surface area contributed by atoms with Crippen LogP contribution in [0.4, 0.5) is 11.6 Å². The number of carboxylic acids is 1. The molecule has 3 rings (SSSR count). The van der Waals surface area contributed by atoms with Crippen molar-refractivity contribution in [2.24, 2.45) is 5.92 Å². The summed E-state index contributed by atoms with van der Waals surface area (Å²) in [4.78, 5) is 22.0. The normalized spacial score (nSPS) is 19.9. The molecule has 0 amide bonds. The first-order valence-electron chi connectivity index (χ1n) is 7.22. The Hall–Kier alpha value is -1.85. The fraction of sp³-hybridized carbons (Fsp3) is 0.643. The van der Waals surface area contributed by atoms with Crippen molar-refractivity contribution in [3.8, 4) is 0 Å². The van der Waals surface area contributed by atoms with Crippen molar-refractivity contribution in [1.29, 1.82) is 0 Å². The molecule has 0 atom stereocenters. The Balaban J connectivity index is 1.70. The number of anilines is 2. The summed E-state index contributed by atoms with van der Waals surface area (Å²) in [6, 6.07) is 2.54. The van der Waals surface area contributed by atoms with E-state index in [1.807, 2.05) is 13.0 Å². The average Bonchev–Trinajstić information content (AvgIpc) is 3.22. The average molecular weight is 276 g/mol. The summed E-state index contributed by atoms with van der Waals surface area (Å²) in [7, 11) is 0. The predicted molar refractivity (Wildman–Crippen MR) is 76.0 cm³/mol. The Labute approximate surface area is 118 Å². The van der Waals surface area contributed by atoms with Gasteiger partial charge in [-0.2, -0.15) is 0 Å². The van der Waals surface area contributed by atoms with Crippen LogP contribution in [0, 0.1) is 12.8 Å². The van der Waals surface area contributed by atoms with Crippen LogP contribution in [0.1, 0.15) is 31.5 Å². The fourth-order valence-electron chi connectivity index (χ4n) is 2.58. The Morgan fingerprint density at radius 1 is 1.30 bits per heavy atom. The summed E-state index contributed by atoms with van der Waals surface area (Å²) in [5.41, 5.74) is 0. The van der Waals surface area contributed by atoms with Crippen molar-refractivity contribution in [2.45, 2.75) is 38.6 Å². The van der Waals surface area contributed by atoms with Crippen LogP contribution < -0.4 is 10.2 Å². The molecule has 1 saturated heterocycles. The van der Waals surface area contributed by atoms with Gasteiger partial charge in [0.1, 0.15) is 17.5 Å². The highest BCUT2D eigenvalue weighted by Crippen LogP contribution is 2.27. The van der Waals surface area contributed by atoms with Crippen LogP contribution in [0.2, 0.25) is 0 Å². The number of piperidine rings is 1. The summed E-state index contributed by atoms with van der Waals surface area (Å²) in [6.07, 6.45) is 3.79. The fourth-order valence-corrected chi connectivity index (χ4v) is 2.58. The topological polar surface area (TPSA) is 78.4 Å². The van der Waals surface area contributed by atoms with E-state index in [1.54, 1.807) is 0 Å². The van der Waals surface area contributed by atoms with Gasteiger partial charge in [-0.25, -0.2) is 9.97 Å². The molecule has 2 heterocycles. The number of carboxylic acid groups (broad SMARTS) is 1. The minimum Gasteiger partial charge on any atom is -0.481 e. The number of hydrogen-bond acceptors (Lipinski definition) is 5. The lowest BCUT2D eigenvalue weighted by atomic mass is 9.97. The Morgan fingerprint density at radius 3 is 2.60 bits per heavy atom. The number of nitrogens with zero attached hydrogens (tertiary/aromatic N) is 3. The third-order valence-electron chi connectivity index (χ3n) is 3.92. The minimum absolute atomic E-state index is 0.210. The third kappa shape index (κ3) is 3.00. The molecule has 0 aromatic carbocycles. The number of aromatic nitrogens is 2. The SMILES string of the molecule is Cc1nc(NC2CC2)cc(N2CCC(C(=O)O)CC2)n1. The molecular formula is C14H20N4O2. The van der Waals surface area contributed by atoms with Gasteiger partial charge < -0.3 is 15.3 Å². The molecule has 2 N–H and O–H groups in total. The molecule has 1 aromatic heterocycles. The molecule has 2 aliphatic rings. The van der Waals surface area contributed by atoms with Crippen molar-refractivity contribution in [3.05, 3.63) is 11.9 Å². The van der Waals surface area contributed by atoms with Crippen LogP contribution in [0.15, 0.2) is 6.07 Å². The molecule has 0 spiro atoms. The van der Waals surface area contributed by atoms with Gasteiger partial charge in [-0.1, -0.05) is 0 Å². The summed E-state index contributed by atoms with van der Waals surface area (Å²) in [6.45, 7) is 3.39. The van der Waals surface area contributed by atoms with Crippen molar-refractivity contribution in [3.63, 3.8) is 0 Å². The first-order chi connectivity index (χ1) is 9.61. The summed E-state index contributed by atoms with van der Waals surface area (Å²) < 4.78 is 0. The van der Waals surface area contributed by atoms with Gasteiger partial charge in [0.25, 0.3) is 0 Å². The van der Waals surface area contributed by atoms with E-state index in [4.69, 9.17) is 5.11 Å². The molecule has 2 fully saturated rings. The molecular weight excluding hydrogens is 256 g/mol. The maximum absolute atomic E-state index is 11.0. The van der Waals surface area contributed by atoms with Gasteiger partial charge in [-0.3, -0.25) is 4.79 Å². The Morgan fingerprint density at radius 2 is 2.00 bits per heavy atom. The molecule has 1 aromatic rings. The molecule has 0 radical (unpaired) electrons. The highest BCUT2D eigenvalue weighted by molar-refractivity contribution is 5.70. The second-order valence-corrected chi connectivity index (χ2v) is 5.68. The highest BCUT2D eigenvalue weighted by Gasteiger charge is 2.26. The smallest absolute Gasteiger partial charge is 0.306 e. The lowest BCUT2D eigenvalue weighted by Gasteiger charge is -2.31. The zero-order valence-corrected chi connectivity index (χ0v) is 11.7. The maximum Gasteiger partial charge on any atom is 0.306 e. The molecule has 108 valence electrons. The number of aryl methyl sites for hydroxylation is 1. The number of rotatable bonds is 4. The first kappa shape index (κ1) is 13.1. The van der Waals surface area contributed by atoms with Gasteiger partial charge in [-0.15, -0.1) is 0 Å². The van der Waals surface area contributed by atoms with Crippen LogP contribution in [0.25, 0.3) is 0 Å². The van der Waals surface area contributed by atoms with E-state index in [1.165, 1.54) is 12.8 Å². The molecule has 1 saturated carbocycles. The summed E-state index contributed by atoms with van der Waals surface area (Å²) >= 11 is 0. The van der Waals surface area contributed by atoms with E-state index < -0.39 is 5.97 Å². The monoisotopic (exact) mass is 276 g/mol. The second kappa shape index (κ2) is 5.26. The lowest BCUT2D eigenvalue weighted by molar-refractivity contribution is -0.142. The largest absolute Gasteiger partial charge is 0.481 e. The minimum atomic E-state index is -0.681. The molecule has 6 nitrogen and oxygen atoms in total. The van der Waals surface area contributed by atoms with Gasteiger partial charge in [0.2, 0.25) is 0 Å². The zero-order chi connectivity index (χ0) is 14.1. The molecule has 1 aliphatic carbocycles. The Kier molecular flexibility index (Phi) is 3.46. The summed E-state index contributed by atoms with van der Waals surface area (Å²) in [5.74, 6) is 1.66. The van der Waals surface area contributed by atoms with Crippen LogP contribution in [0.3, 0.4) is 0 Å². The molecule has 6 heteroatoms. The second-order valence-electron chi connectivity index (χ2n) is 5.68. The molecule has 0 unspecified atom stereocenters. The number of aliphatic carboxylic acids is 1. The molecule has 0 bridgehead atoms. The lowest BCUT2D eigenvalue weighted by Crippen LogP contribution is -2.37. The highest BCUT2D eigenvalue weighted by atomic mass is 16.4. The molecule has 20 heavy (non-hydrogen) atoms. The van der Waals surface area contributed by atoms with Gasteiger partial charge in [0.15, 0.2) is 0 Å². The maximum atomic E-state index is 11.0. The van der Waals surface area contributed by atoms with Crippen LogP contribution in [-0.4, -0.2) is 40.2 Å². The van der Waals surface area contributed by atoms with Crippen molar-refractivity contribution in [2.75, 3.05) is 23.3 Å². The van der Waals surface area contributed by atoms with Gasteiger partial charge in [0, 0.05) is 25.2 Å². The quantitative estimate of drug-likeness (QED) is 0.870. The Bertz CT molecular complexity index is 508. The van der Waals surface area contributed by atoms with E-state index in [0.29, 0.717) is 18.9 Å². The van der Waals surface area contributed by atoms with E-state index in [9.17, 15) is 4.79 Å². The van der Waals surface area contributed by atoms with E-state index >= 15 is 0 Å². The van der Waals surface area contributed by atoms with E-state index in [0.717, 1.165) is 30.5 Å². The third-order valence-corrected chi connectivity index (χ3v) is 3.92. The van der Waals surface area contributed by atoms with Gasteiger partial charge in [-0.05, 0) is 32.6 Å². The first-order valence-corrected chi connectivity index (χ1v) is 7.22. The van der Waals surface area contributed by atoms with Gasteiger partial charge in [0.05, 0.1) is 5.92 Å². The zero-order valence-electron chi connectivity index (χ0n) is 11.7. The van der Waals surface area contributed by atoms with Crippen LogP contribution in [-0.2, 0) is 4.79 Å². The van der Waals surface area contributed by atoms with Crippen LogP contribution in [0.5, 0.6) is 0 Å². The van der Waals surface area contributed by atoms with E-state index in [-0.39, 0.29) is 5.92 Å². The van der Waals surface area contributed by atoms with E-state index in [2.05, 4.69) is 20.2 Å². The predicted octanol–water partition coefficient (Wildman–Crippen LogP) is 1.66. The van der Waals surface area contributed by atoms with Crippen LogP contribution >= 0.6 is 0 Å². The van der Waals surface area contributed by atoms with Crippen molar-refractivity contribution < 1.29 is 9.90 Å².